The van der Waals surface area contributed by atoms with Crippen molar-refractivity contribution in [2.45, 2.75) is 43.9 Å². The summed E-state index contributed by atoms with van der Waals surface area (Å²) < 4.78 is 38.8. The van der Waals surface area contributed by atoms with Crippen molar-refractivity contribution in [2.24, 2.45) is 5.73 Å². The van der Waals surface area contributed by atoms with Crippen molar-refractivity contribution in [1.29, 1.82) is 0 Å². The van der Waals surface area contributed by atoms with E-state index in [4.69, 9.17) is 17.3 Å². The maximum absolute atomic E-state index is 12.9. The molecule has 1 aliphatic carbocycles. The van der Waals surface area contributed by atoms with Crippen LogP contribution in [0.25, 0.3) is 0 Å². The highest BCUT2D eigenvalue weighted by atomic mass is 35.5. The number of nitrogens with one attached hydrogen (secondary N) is 2. The number of para-hydroxylation sites is 1. The summed E-state index contributed by atoms with van der Waals surface area (Å²) in [6.07, 6.45) is -1.19. The summed E-state index contributed by atoms with van der Waals surface area (Å²) in [6, 6.07) is 2.18. The monoisotopic (exact) mass is 335 g/mol. The second-order valence-electron chi connectivity index (χ2n) is 5.31. The van der Waals surface area contributed by atoms with E-state index in [1.54, 1.807) is 0 Å². The molecule has 1 aromatic carbocycles. The highest BCUT2D eigenvalue weighted by Gasteiger charge is 2.35. The SMILES string of the molecule is N[C@H]1CCCC[C@@H]1NC(=O)Nc1c(Cl)cccc1C(F)(F)F. The molecule has 2 amide bonds. The predicted octanol–water partition coefficient (Wildman–Crippen LogP) is 3.75. The molecule has 0 aromatic heterocycles. The molecule has 4 nitrogen and oxygen atoms in total. The van der Waals surface area contributed by atoms with Gasteiger partial charge in [-0.2, -0.15) is 13.2 Å². The minimum absolute atomic E-state index is 0.169. The van der Waals surface area contributed by atoms with Gasteiger partial charge >= 0.3 is 12.2 Å². The Kier molecular flexibility index (Phi) is 5.18. The third-order valence-electron chi connectivity index (χ3n) is 3.69. The first-order chi connectivity index (χ1) is 10.3. The maximum atomic E-state index is 12.9. The van der Waals surface area contributed by atoms with Crippen LogP contribution in [0.3, 0.4) is 0 Å². The van der Waals surface area contributed by atoms with Crippen LogP contribution in [0.1, 0.15) is 31.2 Å². The molecule has 0 heterocycles. The molecule has 4 N–H and O–H groups in total. The molecule has 0 aliphatic heterocycles. The molecule has 0 unspecified atom stereocenters. The maximum Gasteiger partial charge on any atom is 0.418 e. The Hall–Kier alpha value is -1.47. The summed E-state index contributed by atoms with van der Waals surface area (Å²) in [6.45, 7) is 0. The first kappa shape index (κ1) is 16.9. The van der Waals surface area contributed by atoms with Crippen LogP contribution in [0.15, 0.2) is 18.2 Å². The fraction of sp³-hybridized carbons (Fsp3) is 0.500. The molecule has 22 heavy (non-hydrogen) atoms. The van der Waals surface area contributed by atoms with Crippen LogP contribution in [-0.4, -0.2) is 18.1 Å². The van der Waals surface area contributed by atoms with E-state index in [-0.39, 0.29) is 17.1 Å². The summed E-state index contributed by atoms with van der Waals surface area (Å²) in [5.41, 5.74) is 4.47. The fourth-order valence-corrected chi connectivity index (χ4v) is 2.77. The Morgan fingerprint density at radius 1 is 1.27 bits per heavy atom. The Balaban J connectivity index is 2.11. The number of alkyl halides is 3. The molecular formula is C14H17ClF3N3O. The van der Waals surface area contributed by atoms with Gasteiger partial charge in [0, 0.05) is 12.1 Å². The summed E-state index contributed by atoms with van der Waals surface area (Å²) in [4.78, 5) is 12.0. The van der Waals surface area contributed by atoms with E-state index in [2.05, 4.69) is 10.6 Å². The van der Waals surface area contributed by atoms with Crippen molar-refractivity contribution in [1.82, 2.24) is 5.32 Å². The highest BCUT2D eigenvalue weighted by molar-refractivity contribution is 6.33. The van der Waals surface area contributed by atoms with Crippen LogP contribution >= 0.6 is 11.6 Å². The van der Waals surface area contributed by atoms with Gasteiger partial charge in [0.15, 0.2) is 0 Å². The lowest BCUT2D eigenvalue weighted by molar-refractivity contribution is -0.136. The quantitative estimate of drug-likeness (QED) is 0.770. The van der Waals surface area contributed by atoms with E-state index in [1.165, 1.54) is 12.1 Å². The molecule has 1 aromatic rings. The van der Waals surface area contributed by atoms with E-state index in [9.17, 15) is 18.0 Å². The van der Waals surface area contributed by atoms with Gasteiger partial charge < -0.3 is 16.4 Å². The van der Waals surface area contributed by atoms with Crippen molar-refractivity contribution < 1.29 is 18.0 Å². The Bertz CT molecular complexity index is 551. The van der Waals surface area contributed by atoms with E-state index in [1.807, 2.05) is 0 Å². The molecule has 2 rings (SSSR count). The molecule has 1 fully saturated rings. The average Bonchev–Trinajstić information content (AvgIpc) is 2.42. The molecule has 0 radical (unpaired) electrons. The number of carbonyl (C=O) groups excluding carboxylic acids is 1. The summed E-state index contributed by atoms with van der Waals surface area (Å²) in [5, 5.41) is 4.65. The number of rotatable bonds is 2. The second kappa shape index (κ2) is 6.75. The first-order valence-corrected chi connectivity index (χ1v) is 7.35. The van der Waals surface area contributed by atoms with Gasteiger partial charge in [0.1, 0.15) is 0 Å². The van der Waals surface area contributed by atoms with Gasteiger partial charge in [-0.1, -0.05) is 30.5 Å². The number of urea groups is 1. The molecule has 2 atom stereocenters. The van der Waals surface area contributed by atoms with Crippen LogP contribution in [0.5, 0.6) is 0 Å². The largest absolute Gasteiger partial charge is 0.418 e. The van der Waals surface area contributed by atoms with Gasteiger partial charge in [-0.3, -0.25) is 0 Å². The fourth-order valence-electron chi connectivity index (χ4n) is 2.54. The number of anilines is 1. The third kappa shape index (κ3) is 4.04. The molecule has 8 heteroatoms. The molecule has 0 bridgehead atoms. The zero-order valence-electron chi connectivity index (χ0n) is 11.7. The lowest BCUT2D eigenvalue weighted by atomic mass is 9.91. The number of amides is 2. The van der Waals surface area contributed by atoms with Crippen molar-refractivity contribution >= 4 is 23.3 Å². The zero-order chi connectivity index (χ0) is 16.3. The zero-order valence-corrected chi connectivity index (χ0v) is 12.5. The van der Waals surface area contributed by atoms with Crippen molar-refractivity contribution in [3.8, 4) is 0 Å². The van der Waals surface area contributed by atoms with Crippen molar-refractivity contribution in [2.75, 3.05) is 5.32 Å². The standard InChI is InChI=1S/C14H17ClF3N3O/c15-9-5-3-4-8(14(16,17)18)12(9)21-13(22)20-11-7-2-1-6-10(11)19/h3-5,10-11H,1-2,6-7,19H2,(H2,20,21,22)/t10-,11-/m0/s1. The smallest absolute Gasteiger partial charge is 0.334 e. The first-order valence-electron chi connectivity index (χ1n) is 6.98. The van der Waals surface area contributed by atoms with Gasteiger partial charge in [-0.25, -0.2) is 4.79 Å². The van der Waals surface area contributed by atoms with E-state index in [0.29, 0.717) is 6.42 Å². The third-order valence-corrected chi connectivity index (χ3v) is 4.01. The number of hydrogen-bond acceptors (Lipinski definition) is 2. The number of carbonyl (C=O) groups is 1. The van der Waals surface area contributed by atoms with Gasteiger partial charge in [-0.15, -0.1) is 0 Å². The van der Waals surface area contributed by atoms with Gasteiger partial charge in [0.05, 0.1) is 16.3 Å². The van der Waals surface area contributed by atoms with Crippen LogP contribution < -0.4 is 16.4 Å². The van der Waals surface area contributed by atoms with Crippen LogP contribution in [0, 0.1) is 0 Å². The van der Waals surface area contributed by atoms with Crippen molar-refractivity contribution in [3.05, 3.63) is 28.8 Å². The highest BCUT2D eigenvalue weighted by Crippen LogP contribution is 2.38. The summed E-state index contributed by atoms with van der Waals surface area (Å²) >= 11 is 5.78. The minimum atomic E-state index is -4.60. The second-order valence-corrected chi connectivity index (χ2v) is 5.72. The molecule has 1 saturated carbocycles. The lowest BCUT2D eigenvalue weighted by Crippen LogP contribution is -2.50. The predicted molar refractivity (Wildman–Crippen MR) is 78.8 cm³/mol. The van der Waals surface area contributed by atoms with Crippen LogP contribution in [0.4, 0.5) is 23.7 Å². The van der Waals surface area contributed by atoms with E-state index >= 15 is 0 Å². The van der Waals surface area contributed by atoms with E-state index < -0.39 is 23.5 Å². The van der Waals surface area contributed by atoms with Crippen molar-refractivity contribution in [3.63, 3.8) is 0 Å². The summed E-state index contributed by atoms with van der Waals surface area (Å²) in [5.74, 6) is 0. The van der Waals surface area contributed by atoms with Crippen LogP contribution in [0.2, 0.25) is 5.02 Å². The van der Waals surface area contributed by atoms with Gasteiger partial charge in [-0.05, 0) is 25.0 Å². The average molecular weight is 336 g/mol. The Labute approximate surface area is 131 Å². The Morgan fingerprint density at radius 3 is 2.59 bits per heavy atom. The van der Waals surface area contributed by atoms with E-state index in [0.717, 1.165) is 25.3 Å². The number of benzene rings is 1. The molecular weight excluding hydrogens is 319 g/mol. The topological polar surface area (TPSA) is 67.1 Å². The number of hydrogen-bond donors (Lipinski definition) is 3. The molecule has 1 aliphatic rings. The Morgan fingerprint density at radius 2 is 1.95 bits per heavy atom. The minimum Gasteiger partial charge on any atom is -0.334 e. The van der Waals surface area contributed by atoms with Crippen LogP contribution in [-0.2, 0) is 6.18 Å². The van der Waals surface area contributed by atoms with Gasteiger partial charge in [0.25, 0.3) is 0 Å². The normalized spacial score (nSPS) is 22.2. The molecule has 0 spiro atoms. The molecule has 0 saturated heterocycles. The lowest BCUT2D eigenvalue weighted by Gasteiger charge is -2.29. The molecule has 122 valence electrons. The summed E-state index contributed by atoms with van der Waals surface area (Å²) in [7, 11) is 0. The van der Waals surface area contributed by atoms with Gasteiger partial charge in [0.2, 0.25) is 0 Å². The number of nitrogens with two attached hydrogens (primary N) is 1. The number of halogens is 4.